The molecule has 0 spiro atoms. The zero-order chi connectivity index (χ0) is 29.2. The molecule has 0 aliphatic carbocycles. The monoisotopic (exact) mass is 550 g/mol. The van der Waals surface area contributed by atoms with Crippen molar-refractivity contribution < 1.29 is 8.97 Å². The van der Waals surface area contributed by atoms with E-state index in [2.05, 4.69) is 114 Å². The van der Waals surface area contributed by atoms with Crippen molar-refractivity contribution in [2.45, 2.75) is 67.2 Å². The molecule has 4 heteroatoms. The van der Waals surface area contributed by atoms with Crippen LogP contribution in [-0.2, 0) is 6.42 Å². The van der Waals surface area contributed by atoms with E-state index < -0.39 is 0 Å². The summed E-state index contributed by atoms with van der Waals surface area (Å²) in [4.78, 5) is 5.09. The molecule has 2 aliphatic rings. The predicted octanol–water partition coefficient (Wildman–Crippen LogP) is 7.26. The van der Waals surface area contributed by atoms with Gasteiger partial charge in [0.2, 0.25) is 0 Å². The zero-order valence-corrected chi connectivity index (χ0v) is 27.5. The molecular weight excluding hydrogens is 488 g/mol. The van der Waals surface area contributed by atoms with Gasteiger partial charge in [0.1, 0.15) is 0 Å². The number of hydrogen-bond acceptors (Lipinski definition) is 2. The fraction of sp³-hybridized carbons (Fsp3) is 0.667. The minimum atomic E-state index is 0.839. The summed E-state index contributed by atoms with van der Waals surface area (Å²) >= 11 is 0. The van der Waals surface area contributed by atoms with Crippen LogP contribution in [0.15, 0.2) is 48.5 Å². The van der Waals surface area contributed by atoms with E-state index in [9.17, 15) is 0 Å². The highest BCUT2D eigenvalue weighted by atomic mass is 15.4. The smallest absolute Gasteiger partial charge is 0.0963 e. The molecule has 0 aromatic heterocycles. The minimum Gasteiger partial charge on any atom is -0.360 e. The second kappa shape index (κ2) is 15.3. The molecule has 1 unspecified atom stereocenters. The van der Waals surface area contributed by atoms with Crippen molar-refractivity contribution in [3.05, 3.63) is 59.7 Å². The molecule has 4 rings (SSSR count). The van der Waals surface area contributed by atoms with Crippen LogP contribution in [0.5, 0.6) is 0 Å². The molecule has 0 amide bonds. The van der Waals surface area contributed by atoms with Crippen LogP contribution in [-0.4, -0.2) is 88.5 Å². The Morgan fingerprint density at radius 1 is 0.675 bits per heavy atom. The summed E-state index contributed by atoms with van der Waals surface area (Å²) in [7, 11) is 4.86. The maximum atomic E-state index is 2.57. The molecule has 40 heavy (non-hydrogen) atoms. The lowest BCUT2D eigenvalue weighted by atomic mass is 9.98. The van der Waals surface area contributed by atoms with Crippen LogP contribution in [0.4, 0.5) is 11.4 Å². The van der Waals surface area contributed by atoms with Crippen LogP contribution in [0.3, 0.4) is 0 Å². The summed E-state index contributed by atoms with van der Waals surface area (Å²) in [5.74, 6) is 1.68. The summed E-state index contributed by atoms with van der Waals surface area (Å²) in [5, 5.41) is 0. The molecule has 224 valence electrons. The second-order valence-corrected chi connectivity index (χ2v) is 13.9. The molecule has 2 saturated heterocycles. The van der Waals surface area contributed by atoms with Gasteiger partial charge in [-0.15, -0.1) is 0 Å². The molecule has 2 fully saturated rings. The normalized spacial score (nSPS) is 19.2. The molecule has 2 aromatic rings. The Labute approximate surface area is 248 Å². The standard InChI is InChI=1S/C21H37N2.C15H25N2/c1-6-20-9-11-21(12-10-20)22-13-15-23(5,16-14-22)17-19(4)8-7-18(2)3;1-4-11-17(3)12-9-16(10-13-17)15-7-5-14(2)6-8-15/h9-12,18-19H,6-8,13-17H2,1-5H3;5-8H,4,9-13H2,1-3H3/q2*+1. The summed E-state index contributed by atoms with van der Waals surface area (Å²) in [6.07, 6.45) is 5.18. The molecule has 4 nitrogen and oxygen atoms in total. The maximum Gasteiger partial charge on any atom is 0.0963 e. The van der Waals surface area contributed by atoms with Gasteiger partial charge in [0.25, 0.3) is 0 Å². The molecule has 0 bridgehead atoms. The van der Waals surface area contributed by atoms with E-state index in [1.807, 2.05) is 0 Å². The van der Waals surface area contributed by atoms with Crippen molar-refractivity contribution >= 4 is 11.4 Å². The van der Waals surface area contributed by atoms with Gasteiger partial charge in [-0.1, -0.05) is 70.9 Å². The Bertz CT molecular complexity index is 965. The largest absolute Gasteiger partial charge is 0.360 e. The van der Waals surface area contributed by atoms with E-state index in [4.69, 9.17) is 0 Å². The van der Waals surface area contributed by atoms with E-state index in [1.165, 1.54) is 116 Å². The van der Waals surface area contributed by atoms with Crippen LogP contribution in [0.2, 0.25) is 0 Å². The highest BCUT2D eigenvalue weighted by molar-refractivity contribution is 5.48. The lowest BCUT2D eigenvalue weighted by molar-refractivity contribution is -0.913. The number of hydrogen-bond donors (Lipinski definition) is 0. The average molecular weight is 551 g/mol. The van der Waals surface area contributed by atoms with Crippen molar-refractivity contribution in [3.63, 3.8) is 0 Å². The Morgan fingerprint density at radius 2 is 1.15 bits per heavy atom. The van der Waals surface area contributed by atoms with Crippen molar-refractivity contribution in [2.24, 2.45) is 11.8 Å². The fourth-order valence-electron chi connectivity index (χ4n) is 6.52. The summed E-state index contributed by atoms with van der Waals surface area (Å²) in [5.41, 5.74) is 5.57. The third kappa shape index (κ3) is 10.1. The molecule has 0 radical (unpaired) electrons. The SMILES string of the molecule is CCC[N+]1(C)CCN(c2ccc(C)cc2)CC1.CCc1ccc(N2CC[N+](C)(CC(C)CCC(C)C)CC2)cc1. The van der Waals surface area contributed by atoms with Gasteiger partial charge in [0.05, 0.1) is 79.5 Å². The molecular formula is C36H62N4+2. The first-order chi connectivity index (χ1) is 19.0. The fourth-order valence-corrected chi connectivity index (χ4v) is 6.52. The quantitative estimate of drug-likeness (QED) is 0.287. The lowest BCUT2D eigenvalue weighted by Gasteiger charge is -2.44. The molecule has 0 N–H and O–H groups in total. The van der Waals surface area contributed by atoms with E-state index in [1.54, 1.807) is 0 Å². The third-order valence-corrected chi connectivity index (χ3v) is 9.50. The Hall–Kier alpha value is -2.04. The molecule has 2 aliphatic heterocycles. The first-order valence-corrected chi connectivity index (χ1v) is 16.4. The summed E-state index contributed by atoms with van der Waals surface area (Å²) in [6.45, 7) is 26.3. The minimum absolute atomic E-state index is 0.839. The Balaban J connectivity index is 0.000000230. The first kappa shape index (κ1) is 32.5. The van der Waals surface area contributed by atoms with Crippen LogP contribution in [0, 0.1) is 18.8 Å². The van der Waals surface area contributed by atoms with E-state index in [-0.39, 0.29) is 0 Å². The number of rotatable bonds is 10. The van der Waals surface area contributed by atoms with Crippen molar-refractivity contribution in [2.75, 3.05) is 89.3 Å². The van der Waals surface area contributed by atoms with Crippen LogP contribution in [0.25, 0.3) is 0 Å². The van der Waals surface area contributed by atoms with Gasteiger partial charge in [-0.2, -0.15) is 0 Å². The van der Waals surface area contributed by atoms with Crippen LogP contribution < -0.4 is 9.80 Å². The van der Waals surface area contributed by atoms with Gasteiger partial charge in [0.15, 0.2) is 0 Å². The molecule has 2 heterocycles. The average Bonchev–Trinajstić information content (AvgIpc) is 2.94. The van der Waals surface area contributed by atoms with Crippen LogP contribution >= 0.6 is 0 Å². The number of anilines is 2. The Kier molecular flexibility index (Phi) is 12.4. The summed E-state index contributed by atoms with van der Waals surface area (Å²) < 4.78 is 2.50. The van der Waals surface area contributed by atoms with Gasteiger partial charge >= 0.3 is 0 Å². The number of quaternary nitrogens is 2. The number of aryl methyl sites for hydroxylation is 2. The zero-order valence-electron chi connectivity index (χ0n) is 27.5. The van der Waals surface area contributed by atoms with E-state index in [0.29, 0.717) is 0 Å². The molecule has 2 aromatic carbocycles. The van der Waals surface area contributed by atoms with Gasteiger partial charge in [-0.05, 0) is 61.9 Å². The van der Waals surface area contributed by atoms with Crippen molar-refractivity contribution in [3.8, 4) is 0 Å². The molecule has 1 atom stereocenters. The molecule has 0 saturated carbocycles. The first-order valence-electron chi connectivity index (χ1n) is 16.4. The van der Waals surface area contributed by atoms with E-state index >= 15 is 0 Å². The van der Waals surface area contributed by atoms with Gasteiger partial charge in [-0.25, -0.2) is 0 Å². The third-order valence-electron chi connectivity index (χ3n) is 9.50. The number of nitrogens with zero attached hydrogens (tertiary/aromatic N) is 4. The highest BCUT2D eigenvalue weighted by Gasteiger charge is 2.30. The van der Waals surface area contributed by atoms with Crippen LogP contribution in [0.1, 0.15) is 65.0 Å². The highest BCUT2D eigenvalue weighted by Crippen LogP contribution is 2.23. The second-order valence-electron chi connectivity index (χ2n) is 13.9. The number of piperazine rings is 2. The van der Waals surface area contributed by atoms with Gasteiger partial charge in [-0.3, -0.25) is 0 Å². The lowest BCUT2D eigenvalue weighted by Crippen LogP contribution is -2.58. The Morgan fingerprint density at radius 3 is 1.60 bits per heavy atom. The number of benzene rings is 2. The maximum absolute atomic E-state index is 2.57. The van der Waals surface area contributed by atoms with E-state index in [0.717, 1.165) is 18.3 Å². The van der Waals surface area contributed by atoms with Crippen molar-refractivity contribution in [1.29, 1.82) is 0 Å². The van der Waals surface area contributed by atoms with Crippen molar-refractivity contribution in [1.82, 2.24) is 0 Å². The topological polar surface area (TPSA) is 6.48 Å². The summed E-state index contributed by atoms with van der Waals surface area (Å²) in [6, 6.07) is 18.1. The number of likely N-dealkylation sites (N-methyl/N-ethyl adjacent to an activating group) is 2. The van der Waals surface area contributed by atoms with Gasteiger partial charge < -0.3 is 18.8 Å². The predicted molar refractivity (Wildman–Crippen MR) is 177 cm³/mol. The van der Waals surface area contributed by atoms with Gasteiger partial charge in [0, 0.05) is 17.3 Å².